The number of ether oxygens (including phenoxy) is 1. The van der Waals surface area contributed by atoms with Crippen molar-refractivity contribution in [3.05, 3.63) is 65.2 Å². The summed E-state index contributed by atoms with van der Waals surface area (Å²) >= 11 is 0. The second-order valence-corrected chi connectivity index (χ2v) is 6.39. The largest absolute Gasteiger partial charge is 0.370 e. The van der Waals surface area contributed by atoms with E-state index in [1.807, 2.05) is 12.1 Å². The van der Waals surface area contributed by atoms with E-state index >= 15 is 0 Å². The number of nitrogens with zero attached hydrogens (tertiary/aromatic N) is 5. The fraction of sp³-hybridized carbons (Fsp3) is 0.316. The van der Waals surface area contributed by atoms with Crippen LogP contribution in [0.2, 0.25) is 0 Å². The summed E-state index contributed by atoms with van der Waals surface area (Å²) in [6, 6.07) is 16.6. The van der Waals surface area contributed by atoms with E-state index in [0.29, 0.717) is 6.61 Å². The lowest BCUT2D eigenvalue weighted by atomic mass is 10.0. The van der Waals surface area contributed by atoms with Crippen LogP contribution in [0.5, 0.6) is 0 Å². The minimum Gasteiger partial charge on any atom is -0.370 e. The molecule has 2 heterocycles. The maximum atomic E-state index is 6.01. The predicted molar refractivity (Wildman–Crippen MR) is 96.0 cm³/mol. The van der Waals surface area contributed by atoms with E-state index in [0.717, 1.165) is 24.7 Å². The number of hydrogen-bond donors (Lipinski definition) is 0. The summed E-state index contributed by atoms with van der Waals surface area (Å²) in [6.07, 6.45) is 0.0260. The lowest BCUT2D eigenvalue weighted by Gasteiger charge is -2.33. The Labute approximate surface area is 147 Å². The van der Waals surface area contributed by atoms with Crippen molar-refractivity contribution in [2.45, 2.75) is 20.0 Å². The molecule has 0 bridgehead atoms. The first-order chi connectivity index (χ1) is 12.2. The van der Waals surface area contributed by atoms with Crippen molar-refractivity contribution in [2.75, 3.05) is 24.6 Å². The van der Waals surface area contributed by atoms with Crippen molar-refractivity contribution < 1.29 is 4.74 Å². The zero-order chi connectivity index (χ0) is 17.2. The number of aryl methyl sites for hydroxylation is 2. The van der Waals surface area contributed by atoms with E-state index < -0.39 is 0 Å². The minimum absolute atomic E-state index is 0.0260. The van der Waals surface area contributed by atoms with Gasteiger partial charge in [0.05, 0.1) is 18.8 Å². The molecule has 0 aliphatic carbocycles. The average molecular weight is 335 g/mol. The Morgan fingerprint density at radius 3 is 2.64 bits per heavy atom. The fourth-order valence-corrected chi connectivity index (χ4v) is 3.20. The molecule has 0 spiro atoms. The van der Waals surface area contributed by atoms with Gasteiger partial charge in [0, 0.05) is 6.54 Å². The summed E-state index contributed by atoms with van der Waals surface area (Å²) in [5.74, 6) is 0.755. The molecule has 6 heteroatoms. The van der Waals surface area contributed by atoms with Gasteiger partial charge in [-0.15, -0.1) is 0 Å². The summed E-state index contributed by atoms with van der Waals surface area (Å²) in [6.45, 7) is 6.35. The molecule has 0 saturated carbocycles. The molecule has 1 aliphatic heterocycles. The Balaban J connectivity index is 1.61. The number of benzene rings is 2. The molecular formula is C19H21N5O. The van der Waals surface area contributed by atoms with Crippen LogP contribution in [0.25, 0.3) is 5.69 Å². The number of tetrazole rings is 1. The molecule has 6 nitrogen and oxygen atoms in total. The summed E-state index contributed by atoms with van der Waals surface area (Å²) in [5.41, 5.74) is 4.64. The van der Waals surface area contributed by atoms with Gasteiger partial charge in [0.2, 0.25) is 0 Å². The molecule has 4 rings (SSSR count). The van der Waals surface area contributed by atoms with E-state index in [9.17, 15) is 0 Å². The predicted octanol–water partition coefficient (Wildman–Crippen LogP) is 2.86. The zero-order valence-corrected chi connectivity index (χ0v) is 14.5. The lowest BCUT2D eigenvalue weighted by molar-refractivity contribution is 0.0387. The molecule has 1 unspecified atom stereocenters. The van der Waals surface area contributed by atoms with Gasteiger partial charge >= 0.3 is 0 Å². The highest BCUT2D eigenvalue weighted by Gasteiger charge is 2.26. The van der Waals surface area contributed by atoms with Gasteiger partial charge in [-0.1, -0.05) is 47.1 Å². The van der Waals surface area contributed by atoms with Crippen LogP contribution in [-0.2, 0) is 4.74 Å². The second kappa shape index (κ2) is 6.64. The maximum Gasteiger partial charge on any atom is 0.250 e. The summed E-state index contributed by atoms with van der Waals surface area (Å²) in [7, 11) is 0. The van der Waals surface area contributed by atoms with Gasteiger partial charge < -0.3 is 9.64 Å². The van der Waals surface area contributed by atoms with Crippen LogP contribution >= 0.6 is 0 Å². The first-order valence-corrected chi connectivity index (χ1v) is 8.50. The SMILES string of the molecule is Cc1ccc(-n2nnnc2N2CCOC(c3ccccc3C)C2)cc1. The van der Waals surface area contributed by atoms with Crippen molar-refractivity contribution in [1.82, 2.24) is 20.2 Å². The number of hydrogen-bond acceptors (Lipinski definition) is 5. The molecule has 1 atom stereocenters. The number of rotatable bonds is 3. The van der Waals surface area contributed by atoms with E-state index in [1.165, 1.54) is 16.7 Å². The van der Waals surface area contributed by atoms with Crippen molar-refractivity contribution in [3.8, 4) is 5.69 Å². The van der Waals surface area contributed by atoms with Gasteiger partial charge in [0.15, 0.2) is 0 Å². The molecule has 128 valence electrons. The molecule has 3 aromatic rings. The van der Waals surface area contributed by atoms with E-state index in [1.54, 1.807) is 4.68 Å². The van der Waals surface area contributed by atoms with E-state index in [2.05, 4.69) is 70.7 Å². The van der Waals surface area contributed by atoms with Crippen molar-refractivity contribution in [2.24, 2.45) is 0 Å². The zero-order valence-electron chi connectivity index (χ0n) is 14.5. The van der Waals surface area contributed by atoms with Gasteiger partial charge in [0.25, 0.3) is 5.95 Å². The average Bonchev–Trinajstić information content (AvgIpc) is 3.13. The molecule has 25 heavy (non-hydrogen) atoms. The van der Waals surface area contributed by atoms with E-state index in [-0.39, 0.29) is 6.10 Å². The van der Waals surface area contributed by atoms with Gasteiger partial charge in [-0.2, -0.15) is 4.68 Å². The van der Waals surface area contributed by atoms with Gasteiger partial charge in [0.1, 0.15) is 6.10 Å². The van der Waals surface area contributed by atoms with Gasteiger partial charge in [-0.25, -0.2) is 0 Å². The lowest BCUT2D eigenvalue weighted by Crippen LogP contribution is -2.40. The highest BCUT2D eigenvalue weighted by Crippen LogP contribution is 2.27. The molecule has 1 aliphatic rings. The Morgan fingerprint density at radius 1 is 1.04 bits per heavy atom. The van der Waals surface area contributed by atoms with Crippen LogP contribution in [0.4, 0.5) is 5.95 Å². The molecule has 0 radical (unpaired) electrons. The normalized spacial score (nSPS) is 17.7. The number of anilines is 1. The summed E-state index contributed by atoms with van der Waals surface area (Å²) < 4.78 is 7.81. The van der Waals surface area contributed by atoms with Crippen LogP contribution in [0.15, 0.2) is 48.5 Å². The Hall–Kier alpha value is -2.73. The van der Waals surface area contributed by atoms with Crippen molar-refractivity contribution in [3.63, 3.8) is 0 Å². The second-order valence-electron chi connectivity index (χ2n) is 6.39. The Kier molecular flexibility index (Phi) is 4.19. The minimum atomic E-state index is 0.0260. The van der Waals surface area contributed by atoms with Crippen LogP contribution in [0, 0.1) is 13.8 Å². The first-order valence-electron chi connectivity index (χ1n) is 8.50. The van der Waals surface area contributed by atoms with Crippen LogP contribution in [-0.4, -0.2) is 39.9 Å². The molecule has 2 aromatic carbocycles. The fourth-order valence-electron chi connectivity index (χ4n) is 3.20. The Bertz CT molecular complexity index is 858. The molecule has 1 saturated heterocycles. The van der Waals surface area contributed by atoms with Crippen molar-refractivity contribution in [1.29, 1.82) is 0 Å². The highest BCUT2D eigenvalue weighted by atomic mass is 16.5. The third-order valence-electron chi connectivity index (χ3n) is 4.62. The summed E-state index contributed by atoms with van der Waals surface area (Å²) in [5, 5.41) is 12.3. The molecule has 0 amide bonds. The number of morpholine rings is 1. The maximum absolute atomic E-state index is 6.01. The van der Waals surface area contributed by atoms with E-state index in [4.69, 9.17) is 4.74 Å². The first kappa shape index (κ1) is 15.8. The number of aromatic nitrogens is 4. The molecule has 1 aromatic heterocycles. The Morgan fingerprint density at radius 2 is 1.84 bits per heavy atom. The smallest absolute Gasteiger partial charge is 0.250 e. The third-order valence-corrected chi connectivity index (χ3v) is 4.62. The quantitative estimate of drug-likeness (QED) is 0.737. The topological polar surface area (TPSA) is 56.1 Å². The molecule has 1 fully saturated rings. The summed E-state index contributed by atoms with van der Waals surface area (Å²) in [4.78, 5) is 2.19. The van der Waals surface area contributed by atoms with Crippen LogP contribution in [0.3, 0.4) is 0 Å². The third kappa shape index (κ3) is 3.13. The van der Waals surface area contributed by atoms with Crippen LogP contribution in [0.1, 0.15) is 22.8 Å². The van der Waals surface area contributed by atoms with Crippen LogP contribution < -0.4 is 4.90 Å². The van der Waals surface area contributed by atoms with Gasteiger partial charge in [-0.05, 0) is 47.5 Å². The standard InChI is InChI=1S/C19H21N5O/c1-14-7-9-16(10-8-14)24-19(20-21-22-24)23-11-12-25-18(13-23)17-6-4-3-5-15(17)2/h3-10,18H,11-13H2,1-2H3. The highest BCUT2D eigenvalue weighted by molar-refractivity contribution is 5.42. The molecular weight excluding hydrogens is 314 g/mol. The van der Waals surface area contributed by atoms with Crippen molar-refractivity contribution >= 4 is 5.95 Å². The molecule has 0 N–H and O–H groups in total. The van der Waals surface area contributed by atoms with Gasteiger partial charge in [-0.3, -0.25) is 0 Å². The monoisotopic (exact) mass is 335 g/mol.